The fourth-order valence-electron chi connectivity index (χ4n) is 0.944. The number of aliphatic hydroxyl groups excluding tert-OH is 2. The first-order valence-electron chi connectivity index (χ1n) is 4.33. The Hall–Kier alpha value is -0.230. The van der Waals surface area contributed by atoms with E-state index in [9.17, 15) is 4.39 Å². The molecule has 0 aliphatic carbocycles. The van der Waals surface area contributed by atoms with Crippen LogP contribution in [0.2, 0.25) is 0 Å². The van der Waals surface area contributed by atoms with Crippen molar-refractivity contribution in [3.8, 4) is 0 Å². The van der Waals surface area contributed by atoms with Crippen LogP contribution in [0.4, 0.5) is 4.39 Å². The summed E-state index contributed by atoms with van der Waals surface area (Å²) in [6.07, 6.45) is 1.90. The maximum Gasteiger partial charge on any atom is 0.188 e. The second-order valence-corrected chi connectivity index (χ2v) is 3.15. The number of hydrogen-bond donors (Lipinski definition) is 3. The van der Waals surface area contributed by atoms with E-state index in [-0.39, 0.29) is 13.2 Å². The molecule has 4 N–H and O–H groups in total. The second kappa shape index (κ2) is 7.20. The molecule has 0 saturated carbocycles. The van der Waals surface area contributed by atoms with Crippen molar-refractivity contribution in [1.29, 1.82) is 0 Å². The summed E-state index contributed by atoms with van der Waals surface area (Å²) in [4.78, 5) is 0. The number of aliphatic hydroxyl groups is 2. The van der Waals surface area contributed by atoms with Crippen LogP contribution in [-0.2, 0) is 4.74 Å². The van der Waals surface area contributed by atoms with Crippen molar-refractivity contribution in [2.45, 2.75) is 24.8 Å². The number of halogens is 1. The van der Waals surface area contributed by atoms with Crippen LogP contribution < -0.4 is 5.73 Å². The summed E-state index contributed by atoms with van der Waals surface area (Å²) in [6.45, 7) is -0.905. The molecule has 0 amide bonds. The van der Waals surface area contributed by atoms with Gasteiger partial charge in [0.2, 0.25) is 0 Å². The Labute approximate surface area is 77.5 Å². The average molecular weight is 195 g/mol. The number of alkyl halides is 1. The van der Waals surface area contributed by atoms with Gasteiger partial charge >= 0.3 is 0 Å². The highest BCUT2D eigenvalue weighted by Gasteiger charge is 2.21. The molecular weight excluding hydrogens is 177 g/mol. The molecule has 13 heavy (non-hydrogen) atoms. The lowest BCUT2D eigenvalue weighted by Gasteiger charge is -2.24. The third-order valence-corrected chi connectivity index (χ3v) is 1.92. The fraction of sp³-hybridized carbons (Fsp3) is 1.00. The summed E-state index contributed by atoms with van der Waals surface area (Å²) >= 11 is 0. The standard InChI is InChI=1S/C8H18FNO3/c9-7-13-4-2-1-3-8(10,5-11)6-12/h11-12H,1-7,10H2. The lowest BCUT2D eigenvalue weighted by molar-refractivity contribution is 0.0523. The first-order chi connectivity index (χ1) is 6.18. The van der Waals surface area contributed by atoms with E-state index in [2.05, 4.69) is 4.74 Å². The van der Waals surface area contributed by atoms with Gasteiger partial charge in [-0.1, -0.05) is 0 Å². The summed E-state index contributed by atoms with van der Waals surface area (Å²) in [5, 5.41) is 17.6. The van der Waals surface area contributed by atoms with Crippen molar-refractivity contribution >= 4 is 0 Å². The monoisotopic (exact) mass is 195 g/mol. The quantitative estimate of drug-likeness (QED) is 0.468. The molecule has 0 radical (unpaired) electrons. The number of rotatable bonds is 8. The van der Waals surface area contributed by atoms with Crippen molar-refractivity contribution in [2.75, 3.05) is 26.7 Å². The maximum absolute atomic E-state index is 11.5. The van der Waals surface area contributed by atoms with Gasteiger partial charge in [0, 0.05) is 6.61 Å². The first-order valence-corrected chi connectivity index (χ1v) is 4.33. The van der Waals surface area contributed by atoms with Crippen molar-refractivity contribution in [3.63, 3.8) is 0 Å². The molecule has 0 heterocycles. The molecule has 0 aliphatic rings. The van der Waals surface area contributed by atoms with Gasteiger partial charge in [0.05, 0.1) is 18.8 Å². The van der Waals surface area contributed by atoms with E-state index in [4.69, 9.17) is 15.9 Å². The van der Waals surface area contributed by atoms with E-state index in [1.54, 1.807) is 0 Å². The SMILES string of the molecule is NC(CO)(CO)CCCCOCF. The summed E-state index contributed by atoms with van der Waals surface area (Å²) in [5.74, 6) is 0. The zero-order valence-electron chi connectivity index (χ0n) is 7.71. The van der Waals surface area contributed by atoms with Crippen LogP contribution in [0.1, 0.15) is 19.3 Å². The lowest BCUT2D eigenvalue weighted by Crippen LogP contribution is -2.47. The zero-order valence-corrected chi connectivity index (χ0v) is 7.71. The zero-order chi connectivity index (χ0) is 10.2. The van der Waals surface area contributed by atoms with E-state index < -0.39 is 12.4 Å². The third kappa shape index (κ3) is 5.93. The molecule has 5 heteroatoms. The van der Waals surface area contributed by atoms with Crippen molar-refractivity contribution in [1.82, 2.24) is 0 Å². The molecule has 0 spiro atoms. The Morgan fingerprint density at radius 2 is 1.85 bits per heavy atom. The van der Waals surface area contributed by atoms with Gasteiger partial charge in [0.25, 0.3) is 0 Å². The average Bonchev–Trinajstić information content (AvgIpc) is 2.17. The molecule has 0 aromatic rings. The minimum absolute atomic E-state index is 0.243. The Balaban J connectivity index is 3.39. The highest BCUT2D eigenvalue weighted by atomic mass is 19.1. The largest absolute Gasteiger partial charge is 0.394 e. The van der Waals surface area contributed by atoms with Crippen LogP contribution in [0.3, 0.4) is 0 Å². The van der Waals surface area contributed by atoms with E-state index >= 15 is 0 Å². The van der Waals surface area contributed by atoms with Crippen LogP contribution in [0, 0.1) is 0 Å². The van der Waals surface area contributed by atoms with Crippen molar-refractivity contribution in [3.05, 3.63) is 0 Å². The van der Waals surface area contributed by atoms with Gasteiger partial charge in [-0.15, -0.1) is 0 Å². The highest BCUT2D eigenvalue weighted by Crippen LogP contribution is 2.09. The van der Waals surface area contributed by atoms with E-state index in [0.717, 1.165) is 0 Å². The molecule has 0 aromatic carbocycles. The molecule has 0 unspecified atom stereocenters. The minimum Gasteiger partial charge on any atom is -0.394 e. The molecule has 0 atom stereocenters. The predicted octanol–water partition coefficient (Wildman–Crippen LogP) is -0.218. The Morgan fingerprint density at radius 3 is 2.31 bits per heavy atom. The topological polar surface area (TPSA) is 75.7 Å². The Kier molecular flexibility index (Phi) is 7.07. The van der Waals surface area contributed by atoms with Crippen LogP contribution in [0.15, 0.2) is 0 Å². The van der Waals surface area contributed by atoms with Gasteiger partial charge in [-0.25, -0.2) is 4.39 Å². The smallest absolute Gasteiger partial charge is 0.188 e. The Morgan fingerprint density at radius 1 is 1.23 bits per heavy atom. The normalized spacial score (nSPS) is 12.0. The molecule has 0 aliphatic heterocycles. The molecule has 80 valence electrons. The third-order valence-electron chi connectivity index (χ3n) is 1.92. The van der Waals surface area contributed by atoms with Gasteiger partial charge in [0.15, 0.2) is 6.86 Å². The van der Waals surface area contributed by atoms with Crippen molar-refractivity contribution in [2.24, 2.45) is 5.73 Å². The number of hydrogen-bond acceptors (Lipinski definition) is 4. The van der Waals surface area contributed by atoms with Crippen LogP contribution in [0.25, 0.3) is 0 Å². The first kappa shape index (κ1) is 12.8. The number of ether oxygens (including phenoxy) is 1. The van der Waals surface area contributed by atoms with Crippen molar-refractivity contribution < 1.29 is 19.3 Å². The summed E-state index contributed by atoms with van der Waals surface area (Å²) in [5.41, 5.74) is 4.69. The number of unbranched alkanes of at least 4 members (excludes halogenated alkanes) is 1. The molecule has 0 aromatic heterocycles. The molecular formula is C8H18FNO3. The van der Waals surface area contributed by atoms with Crippen LogP contribution in [0.5, 0.6) is 0 Å². The lowest BCUT2D eigenvalue weighted by atomic mass is 9.96. The van der Waals surface area contributed by atoms with E-state index in [0.29, 0.717) is 25.9 Å². The van der Waals surface area contributed by atoms with Gasteiger partial charge in [-0.2, -0.15) is 0 Å². The highest BCUT2D eigenvalue weighted by molar-refractivity contribution is 4.81. The molecule has 0 bridgehead atoms. The number of nitrogens with two attached hydrogens (primary N) is 1. The summed E-state index contributed by atoms with van der Waals surface area (Å²) in [6, 6.07) is 0. The van der Waals surface area contributed by atoms with Gasteiger partial charge in [-0.3, -0.25) is 0 Å². The second-order valence-electron chi connectivity index (χ2n) is 3.15. The van der Waals surface area contributed by atoms with Crippen LogP contribution >= 0.6 is 0 Å². The van der Waals surface area contributed by atoms with E-state index in [1.165, 1.54) is 0 Å². The molecule has 0 rings (SSSR count). The van der Waals surface area contributed by atoms with Gasteiger partial charge < -0.3 is 20.7 Å². The fourth-order valence-corrected chi connectivity index (χ4v) is 0.944. The Bertz CT molecular complexity index is 120. The van der Waals surface area contributed by atoms with Gasteiger partial charge in [0.1, 0.15) is 0 Å². The minimum atomic E-state index is -0.907. The molecule has 0 fully saturated rings. The maximum atomic E-state index is 11.5. The summed E-state index contributed by atoms with van der Waals surface area (Å²) in [7, 11) is 0. The van der Waals surface area contributed by atoms with Gasteiger partial charge in [-0.05, 0) is 19.3 Å². The van der Waals surface area contributed by atoms with Crippen LogP contribution in [-0.4, -0.2) is 42.4 Å². The molecule has 0 saturated heterocycles. The molecule has 4 nitrogen and oxygen atoms in total. The van der Waals surface area contributed by atoms with E-state index in [1.807, 2.05) is 0 Å². The summed E-state index contributed by atoms with van der Waals surface area (Å²) < 4.78 is 15.9. The predicted molar refractivity (Wildman–Crippen MR) is 46.9 cm³/mol.